The molecule has 84 valence electrons. The van der Waals surface area contributed by atoms with E-state index in [4.69, 9.17) is 5.73 Å². The van der Waals surface area contributed by atoms with Crippen LogP contribution in [-0.4, -0.2) is 9.72 Å². The van der Waals surface area contributed by atoms with Gasteiger partial charge in [-0.05, 0) is 12.1 Å². The fourth-order valence-electron chi connectivity index (χ4n) is 0.872. The van der Waals surface area contributed by atoms with Gasteiger partial charge in [0.2, 0.25) is 0 Å². The summed E-state index contributed by atoms with van der Waals surface area (Å²) in [5.74, 6) is -3.16. The minimum atomic E-state index is -5.21. The summed E-state index contributed by atoms with van der Waals surface area (Å²) in [5.41, 5.74) is -0.615. The molecular weight excluding hydrogens is 241 g/mol. The Morgan fingerprint density at radius 1 is 1.13 bits per heavy atom. The van der Waals surface area contributed by atoms with Gasteiger partial charge >= 0.3 is 5.51 Å². The third-order valence-corrected chi connectivity index (χ3v) is 2.60. The Labute approximate surface area is 83.3 Å². The predicted octanol–water partition coefficient (Wildman–Crippen LogP) is 2.17. The number of rotatable bonds is 1. The molecule has 0 fully saturated rings. The lowest BCUT2D eigenvalue weighted by Gasteiger charge is -2.08. The zero-order valence-corrected chi connectivity index (χ0v) is 7.75. The van der Waals surface area contributed by atoms with Crippen LogP contribution in [0.3, 0.4) is 0 Å². The molecule has 15 heavy (non-hydrogen) atoms. The highest BCUT2D eigenvalue weighted by atomic mass is 32.2. The van der Waals surface area contributed by atoms with E-state index in [1.165, 1.54) is 0 Å². The lowest BCUT2D eigenvalue weighted by Crippen LogP contribution is -2.18. The maximum absolute atomic E-state index is 12.9. The molecule has 0 radical (unpaired) electrons. The molecule has 1 atom stereocenters. The molecule has 0 spiro atoms. The van der Waals surface area contributed by atoms with Crippen LogP contribution in [-0.2, 0) is 10.8 Å². The topological polar surface area (TPSA) is 43.1 Å². The average molecular weight is 245 g/mol. The molecule has 8 heteroatoms. The molecule has 0 saturated heterocycles. The number of benzene rings is 1. The third-order valence-electron chi connectivity index (χ3n) is 1.42. The van der Waals surface area contributed by atoms with E-state index >= 15 is 0 Å². The lowest BCUT2D eigenvalue weighted by molar-refractivity contribution is -0.0387. The van der Waals surface area contributed by atoms with Crippen molar-refractivity contribution in [3.05, 3.63) is 23.8 Å². The number of anilines is 1. The highest BCUT2D eigenvalue weighted by Gasteiger charge is 2.41. The third kappa shape index (κ3) is 2.44. The molecule has 1 aromatic carbocycles. The number of halogens is 5. The first kappa shape index (κ1) is 11.9. The summed E-state index contributed by atoms with van der Waals surface area (Å²) in [6, 6.07) is 0.949. The first-order valence-corrected chi connectivity index (χ1v) is 4.61. The summed E-state index contributed by atoms with van der Waals surface area (Å²) in [4.78, 5) is -1.53. The van der Waals surface area contributed by atoms with E-state index in [0.717, 1.165) is 0 Å². The van der Waals surface area contributed by atoms with E-state index in [1.807, 2.05) is 0 Å². The van der Waals surface area contributed by atoms with Gasteiger partial charge in [0.05, 0.1) is 0 Å². The molecule has 0 heterocycles. The van der Waals surface area contributed by atoms with Crippen LogP contribution >= 0.6 is 0 Å². The fourth-order valence-corrected chi connectivity index (χ4v) is 1.58. The molecule has 0 aliphatic carbocycles. The van der Waals surface area contributed by atoms with E-state index in [0.29, 0.717) is 12.1 Å². The van der Waals surface area contributed by atoms with Crippen LogP contribution in [0.2, 0.25) is 0 Å². The maximum Gasteiger partial charge on any atom is 0.476 e. The van der Waals surface area contributed by atoms with Gasteiger partial charge in [-0.3, -0.25) is 0 Å². The number of hydrogen-bond donors (Lipinski definition) is 1. The van der Waals surface area contributed by atoms with Crippen LogP contribution < -0.4 is 5.73 Å². The van der Waals surface area contributed by atoms with Crippen LogP contribution in [0.1, 0.15) is 0 Å². The summed E-state index contributed by atoms with van der Waals surface area (Å²) in [5, 5.41) is 0. The number of hydrogen-bond acceptors (Lipinski definition) is 2. The highest BCUT2D eigenvalue weighted by molar-refractivity contribution is 7.86. The summed E-state index contributed by atoms with van der Waals surface area (Å²) >= 11 is 0. The van der Waals surface area contributed by atoms with Crippen LogP contribution in [0.4, 0.5) is 27.6 Å². The Bertz CT molecular complexity index is 393. The van der Waals surface area contributed by atoms with Crippen LogP contribution in [0.5, 0.6) is 0 Å². The van der Waals surface area contributed by atoms with Crippen molar-refractivity contribution in [3.63, 3.8) is 0 Å². The Morgan fingerprint density at radius 2 is 1.53 bits per heavy atom. The largest absolute Gasteiger partial charge is 0.476 e. The summed E-state index contributed by atoms with van der Waals surface area (Å²) < 4.78 is 72.2. The SMILES string of the molecule is Nc1cc(F)c(S(=O)C(F)(F)F)c(F)c1. The second kappa shape index (κ2) is 3.76. The second-order valence-corrected chi connectivity index (χ2v) is 3.94. The molecule has 1 unspecified atom stereocenters. The van der Waals surface area contributed by atoms with Gasteiger partial charge < -0.3 is 5.73 Å². The molecule has 0 bridgehead atoms. The van der Waals surface area contributed by atoms with E-state index in [-0.39, 0.29) is 5.69 Å². The quantitative estimate of drug-likeness (QED) is 0.608. The Balaban J connectivity index is 3.33. The Kier molecular flexibility index (Phi) is 2.98. The smallest absolute Gasteiger partial charge is 0.399 e. The number of nitrogen functional groups attached to an aromatic ring is 1. The summed E-state index contributed by atoms with van der Waals surface area (Å²) in [6.45, 7) is 0. The second-order valence-electron chi connectivity index (χ2n) is 2.53. The summed E-state index contributed by atoms with van der Waals surface area (Å²) in [7, 11) is -3.74. The van der Waals surface area contributed by atoms with Crippen molar-refractivity contribution in [2.45, 2.75) is 10.4 Å². The Hall–Kier alpha value is -1.18. The van der Waals surface area contributed by atoms with Gasteiger partial charge in [0, 0.05) is 5.69 Å². The molecule has 2 nitrogen and oxygen atoms in total. The van der Waals surface area contributed by atoms with Crippen molar-refractivity contribution in [2.75, 3.05) is 5.73 Å². The molecule has 0 saturated carbocycles. The Morgan fingerprint density at radius 3 is 1.87 bits per heavy atom. The molecule has 1 rings (SSSR count). The summed E-state index contributed by atoms with van der Waals surface area (Å²) in [6.07, 6.45) is 0. The molecule has 1 aromatic rings. The van der Waals surface area contributed by atoms with E-state index in [9.17, 15) is 26.2 Å². The van der Waals surface area contributed by atoms with Crippen molar-refractivity contribution in [3.8, 4) is 0 Å². The van der Waals surface area contributed by atoms with Gasteiger partial charge in [0.1, 0.15) is 16.5 Å². The van der Waals surface area contributed by atoms with Gasteiger partial charge in [0.25, 0.3) is 0 Å². The molecule has 2 N–H and O–H groups in total. The normalized spacial score (nSPS) is 13.9. The van der Waals surface area contributed by atoms with Crippen molar-refractivity contribution in [1.29, 1.82) is 0 Å². The van der Waals surface area contributed by atoms with Crippen LogP contribution in [0, 0.1) is 11.6 Å². The van der Waals surface area contributed by atoms with E-state index in [2.05, 4.69) is 0 Å². The standard InChI is InChI=1S/C7H4F5NOS/c8-4-1-3(13)2-5(9)6(4)15(14)7(10,11)12/h1-2H,13H2. The van der Waals surface area contributed by atoms with Crippen molar-refractivity contribution in [1.82, 2.24) is 0 Å². The minimum Gasteiger partial charge on any atom is -0.399 e. The zero-order chi connectivity index (χ0) is 11.8. The van der Waals surface area contributed by atoms with E-state index < -0.39 is 32.8 Å². The highest BCUT2D eigenvalue weighted by Crippen LogP contribution is 2.30. The van der Waals surface area contributed by atoms with Gasteiger partial charge in [0.15, 0.2) is 10.8 Å². The van der Waals surface area contributed by atoms with Crippen LogP contribution in [0.15, 0.2) is 17.0 Å². The average Bonchev–Trinajstić information content (AvgIpc) is 1.99. The van der Waals surface area contributed by atoms with Crippen molar-refractivity contribution >= 4 is 16.5 Å². The monoisotopic (exact) mass is 245 g/mol. The van der Waals surface area contributed by atoms with Gasteiger partial charge in [-0.15, -0.1) is 0 Å². The molecule has 0 aromatic heterocycles. The maximum atomic E-state index is 12.9. The van der Waals surface area contributed by atoms with Crippen molar-refractivity contribution in [2.24, 2.45) is 0 Å². The van der Waals surface area contributed by atoms with Crippen LogP contribution in [0.25, 0.3) is 0 Å². The lowest BCUT2D eigenvalue weighted by atomic mass is 10.3. The molecular formula is C7H4F5NOS. The first-order chi connectivity index (χ1) is 6.73. The minimum absolute atomic E-state index is 0.382. The van der Waals surface area contributed by atoms with Crippen molar-refractivity contribution < 1.29 is 26.2 Å². The zero-order valence-electron chi connectivity index (χ0n) is 6.94. The predicted molar refractivity (Wildman–Crippen MR) is 43.2 cm³/mol. The molecule has 0 aliphatic rings. The van der Waals surface area contributed by atoms with E-state index in [1.54, 1.807) is 0 Å². The fraction of sp³-hybridized carbons (Fsp3) is 0.143. The number of alkyl halides is 3. The number of nitrogens with two attached hydrogens (primary N) is 1. The van der Waals surface area contributed by atoms with Gasteiger partial charge in [-0.2, -0.15) is 13.2 Å². The first-order valence-electron chi connectivity index (χ1n) is 3.46. The molecule has 0 amide bonds. The van der Waals surface area contributed by atoms with Gasteiger partial charge in [-0.1, -0.05) is 0 Å². The molecule has 0 aliphatic heterocycles. The van der Waals surface area contributed by atoms with Gasteiger partial charge in [-0.25, -0.2) is 13.0 Å².